The number of para-hydroxylation sites is 1. The van der Waals surface area contributed by atoms with E-state index in [1.165, 1.54) is 19.4 Å². The van der Waals surface area contributed by atoms with E-state index >= 15 is 0 Å². The Balaban J connectivity index is 1.77. The van der Waals surface area contributed by atoms with Gasteiger partial charge < -0.3 is 10.0 Å². The van der Waals surface area contributed by atoms with Crippen molar-refractivity contribution in [2.24, 2.45) is 11.8 Å². The molecule has 0 radical (unpaired) electrons. The minimum Gasteiger partial charge on any atom is -0.507 e. The summed E-state index contributed by atoms with van der Waals surface area (Å²) in [4.78, 5) is 17.5. The van der Waals surface area contributed by atoms with Gasteiger partial charge in [0.15, 0.2) is 0 Å². The van der Waals surface area contributed by atoms with Gasteiger partial charge in [0.25, 0.3) is 5.91 Å². The van der Waals surface area contributed by atoms with Crippen molar-refractivity contribution in [3.05, 3.63) is 29.3 Å². The van der Waals surface area contributed by atoms with Gasteiger partial charge in [-0.25, -0.2) is 0 Å². The average molecular weight is 330 g/mol. The molecular formula is C20H30N2O2. The van der Waals surface area contributed by atoms with Gasteiger partial charge in [0.2, 0.25) is 0 Å². The smallest absolute Gasteiger partial charge is 0.257 e. The number of aromatic hydroxyl groups is 1. The van der Waals surface area contributed by atoms with Gasteiger partial charge in [-0.3, -0.25) is 9.69 Å². The molecular weight excluding hydrogens is 300 g/mol. The molecule has 3 rings (SSSR count). The Bertz CT molecular complexity index is 595. The van der Waals surface area contributed by atoms with E-state index in [4.69, 9.17) is 0 Å². The largest absolute Gasteiger partial charge is 0.507 e. The van der Waals surface area contributed by atoms with Crippen molar-refractivity contribution in [1.29, 1.82) is 0 Å². The van der Waals surface area contributed by atoms with Crippen molar-refractivity contribution in [2.75, 3.05) is 26.2 Å². The lowest BCUT2D eigenvalue weighted by Gasteiger charge is -2.34. The van der Waals surface area contributed by atoms with Crippen LogP contribution in [0.2, 0.25) is 0 Å². The van der Waals surface area contributed by atoms with Crippen LogP contribution in [-0.2, 0) is 0 Å². The highest BCUT2D eigenvalue weighted by Gasteiger charge is 2.33. The highest BCUT2D eigenvalue weighted by molar-refractivity contribution is 5.97. The van der Waals surface area contributed by atoms with Crippen LogP contribution in [0.3, 0.4) is 0 Å². The van der Waals surface area contributed by atoms with E-state index < -0.39 is 0 Å². The number of rotatable bonds is 4. The number of phenols is 1. The summed E-state index contributed by atoms with van der Waals surface area (Å²) in [5, 5.41) is 10.3. The molecule has 1 heterocycles. The maximum atomic E-state index is 13.0. The Hall–Kier alpha value is -1.55. The zero-order valence-corrected chi connectivity index (χ0v) is 15.2. The summed E-state index contributed by atoms with van der Waals surface area (Å²) in [5.74, 6) is 1.48. The molecule has 24 heavy (non-hydrogen) atoms. The van der Waals surface area contributed by atoms with Gasteiger partial charge in [-0.15, -0.1) is 0 Å². The lowest BCUT2D eigenvalue weighted by molar-refractivity contribution is 0.0701. The molecule has 1 N–H and O–H groups in total. The van der Waals surface area contributed by atoms with Crippen LogP contribution < -0.4 is 0 Å². The van der Waals surface area contributed by atoms with Crippen LogP contribution in [0, 0.1) is 18.8 Å². The Morgan fingerprint density at radius 2 is 2.04 bits per heavy atom. The van der Waals surface area contributed by atoms with Crippen LogP contribution in [-0.4, -0.2) is 53.0 Å². The zero-order valence-electron chi connectivity index (χ0n) is 15.2. The normalized spacial score (nSPS) is 22.7. The summed E-state index contributed by atoms with van der Waals surface area (Å²) >= 11 is 0. The van der Waals surface area contributed by atoms with Crippen molar-refractivity contribution in [1.82, 2.24) is 9.80 Å². The molecule has 1 aromatic rings. The van der Waals surface area contributed by atoms with Gasteiger partial charge in [-0.1, -0.05) is 26.0 Å². The topological polar surface area (TPSA) is 43.8 Å². The number of carbonyl (C=O) groups excluding carboxylic acids is 1. The molecule has 0 bridgehead atoms. The highest BCUT2D eigenvalue weighted by atomic mass is 16.3. The van der Waals surface area contributed by atoms with E-state index in [0.29, 0.717) is 17.5 Å². The van der Waals surface area contributed by atoms with E-state index in [1.807, 2.05) is 24.0 Å². The quantitative estimate of drug-likeness (QED) is 0.921. The molecule has 1 saturated heterocycles. The molecule has 132 valence electrons. The summed E-state index contributed by atoms with van der Waals surface area (Å²) < 4.78 is 0. The number of carbonyl (C=O) groups is 1. The van der Waals surface area contributed by atoms with Crippen molar-refractivity contribution in [3.8, 4) is 5.75 Å². The fourth-order valence-corrected chi connectivity index (χ4v) is 3.74. The minimum atomic E-state index is -0.0323. The summed E-state index contributed by atoms with van der Waals surface area (Å²) in [6.45, 7) is 10.1. The first-order valence-corrected chi connectivity index (χ1v) is 9.29. The second-order valence-electron chi connectivity index (χ2n) is 7.83. The summed E-state index contributed by atoms with van der Waals surface area (Å²) in [6, 6.07) is 5.83. The summed E-state index contributed by atoms with van der Waals surface area (Å²) in [6.07, 6.45) is 3.73. The number of hydrogen-bond donors (Lipinski definition) is 1. The fraction of sp³-hybridized carbons (Fsp3) is 0.650. The number of nitrogens with zero attached hydrogens (tertiary/aromatic N) is 2. The van der Waals surface area contributed by atoms with Gasteiger partial charge in [0, 0.05) is 32.2 Å². The van der Waals surface area contributed by atoms with Crippen LogP contribution in [0.1, 0.15) is 49.0 Å². The Kier molecular flexibility index (Phi) is 5.14. The van der Waals surface area contributed by atoms with Crippen molar-refractivity contribution < 1.29 is 9.90 Å². The number of hydrogen-bond acceptors (Lipinski definition) is 3. The summed E-state index contributed by atoms with van der Waals surface area (Å²) in [5.41, 5.74) is 1.19. The van der Waals surface area contributed by atoms with Crippen LogP contribution in [0.5, 0.6) is 5.75 Å². The maximum absolute atomic E-state index is 13.0. The van der Waals surface area contributed by atoms with Crippen LogP contribution >= 0.6 is 0 Å². The zero-order chi connectivity index (χ0) is 17.3. The molecule has 1 aliphatic heterocycles. The predicted octanol–water partition coefficient (Wildman–Crippen LogP) is 3.28. The van der Waals surface area contributed by atoms with Crippen LogP contribution in [0.4, 0.5) is 0 Å². The number of aryl methyl sites for hydroxylation is 1. The van der Waals surface area contributed by atoms with Crippen molar-refractivity contribution in [3.63, 3.8) is 0 Å². The molecule has 0 spiro atoms. The lowest BCUT2D eigenvalue weighted by atomic mass is 10.0. The van der Waals surface area contributed by atoms with Crippen molar-refractivity contribution in [2.45, 2.75) is 46.1 Å². The third-order valence-corrected chi connectivity index (χ3v) is 5.46. The second-order valence-corrected chi connectivity index (χ2v) is 7.83. The van der Waals surface area contributed by atoms with Crippen molar-refractivity contribution >= 4 is 5.91 Å². The SMILES string of the molecule is Cc1cccc(C(=O)N2CCCN(CC3CC3)[C@H](C(C)C)C2)c1O. The number of phenolic OH excluding ortho intramolecular Hbond substituents is 1. The molecule has 4 nitrogen and oxygen atoms in total. The van der Waals surface area contributed by atoms with Gasteiger partial charge >= 0.3 is 0 Å². The molecule has 4 heteroatoms. The van der Waals surface area contributed by atoms with E-state index in [0.717, 1.165) is 37.5 Å². The van der Waals surface area contributed by atoms with E-state index in [1.54, 1.807) is 6.07 Å². The second kappa shape index (κ2) is 7.14. The first-order chi connectivity index (χ1) is 11.5. The molecule has 1 atom stereocenters. The third-order valence-electron chi connectivity index (χ3n) is 5.46. The van der Waals surface area contributed by atoms with Crippen LogP contribution in [0.25, 0.3) is 0 Å². The van der Waals surface area contributed by atoms with Gasteiger partial charge in [-0.2, -0.15) is 0 Å². The minimum absolute atomic E-state index is 0.0323. The maximum Gasteiger partial charge on any atom is 0.257 e. The van der Waals surface area contributed by atoms with Gasteiger partial charge in [-0.05, 0) is 49.7 Å². The molecule has 0 aromatic heterocycles. The molecule has 0 unspecified atom stereocenters. The average Bonchev–Trinajstić information content (AvgIpc) is 3.37. The molecule has 2 aliphatic rings. The first-order valence-electron chi connectivity index (χ1n) is 9.29. The van der Waals surface area contributed by atoms with Crippen LogP contribution in [0.15, 0.2) is 18.2 Å². The number of benzene rings is 1. The molecule has 1 aliphatic carbocycles. The fourth-order valence-electron chi connectivity index (χ4n) is 3.74. The van der Waals surface area contributed by atoms with Gasteiger partial charge in [0.1, 0.15) is 5.75 Å². The van der Waals surface area contributed by atoms with E-state index in [-0.39, 0.29) is 11.7 Å². The molecule has 1 aromatic carbocycles. The monoisotopic (exact) mass is 330 g/mol. The van der Waals surface area contributed by atoms with E-state index in [9.17, 15) is 9.90 Å². The molecule has 1 amide bonds. The standard InChI is InChI=1S/C20H30N2O2/c1-14(2)18-13-22(11-5-10-21(18)12-16-8-9-16)20(24)17-7-4-6-15(3)19(17)23/h4,6-7,14,16,18,23H,5,8-13H2,1-3H3/t18-/m0/s1. The Labute approximate surface area is 145 Å². The van der Waals surface area contributed by atoms with Gasteiger partial charge in [0.05, 0.1) is 5.56 Å². The lowest BCUT2D eigenvalue weighted by Crippen LogP contribution is -2.46. The highest BCUT2D eigenvalue weighted by Crippen LogP contribution is 2.32. The number of amides is 1. The summed E-state index contributed by atoms with van der Waals surface area (Å²) in [7, 11) is 0. The third kappa shape index (κ3) is 3.75. The van der Waals surface area contributed by atoms with E-state index in [2.05, 4.69) is 18.7 Å². The predicted molar refractivity (Wildman–Crippen MR) is 96.3 cm³/mol. The molecule has 1 saturated carbocycles. The first kappa shape index (κ1) is 17.3. The Morgan fingerprint density at radius 3 is 2.71 bits per heavy atom. The Morgan fingerprint density at radius 1 is 1.29 bits per heavy atom. The molecule has 2 fully saturated rings.